The van der Waals surface area contributed by atoms with Crippen molar-refractivity contribution in [1.82, 2.24) is 5.32 Å². The largest absolute Gasteiger partial charge is 0.337 e. The summed E-state index contributed by atoms with van der Waals surface area (Å²) in [5.74, 6) is -0.755. The van der Waals surface area contributed by atoms with E-state index in [2.05, 4.69) is 29.6 Å². The predicted octanol–water partition coefficient (Wildman–Crippen LogP) is 1.77. The van der Waals surface area contributed by atoms with Crippen LogP contribution in [0, 0.1) is 0 Å². The van der Waals surface area contributed by atoms with Gasteiger partial charge in [0.05, 0.1) is 0 Å². The fourth-order valence-electron chi connectivity index (χ4n) is 1.93. The first kappa shape index (κ1) is 12.5. The monoisotopic (exact) mass is 229 g/mol. The topological polar surface area (TPSA) is 30.5 Å². The highest BCUT2D eigenvalue weighted by atomic mass is 35.5. The molecule has 0 unspecified atom stereocenters. The van der Waals surface area contributed by atoms with Gasteiger partial charge in [-0.25, -0.2) is 0 Å². The molecule has 0 aromatic rings. The normalized spacial score (nSPS) is 22.3. The average Bonchev–Trinajstić information content (AvgIpc) is 2.28. The van der Waals surface area contributed by atoms with Crippen LogP contribution in [0.5, 0.6) is 0 Å². The molecule has 0 saturated heterocycles. The van der Waals surface area contributed by atoms with E-state index in [4.69, 9.17) is 9.47 Å². The summed E-state index contributed by atoms with van der Waals surface area (Å²) in [6, 6.07) is 0. The lowest BCUT2D eigenvalue weighted by molar-refractivity contribution is -0.198. The lowest BCUT2D eigenvalue weighted by atomic mass is 9.93. The van der Waals surface area contributed by atoms with Crippen molar-refractivity contribution in [3.8, 4) is 0 Å². The van der Waals surface area contributed by atoms with Gasteiger partial charge in [-0.3, -0.25) is 5.32 Å². The van der Waals surface area contributed by atoms with Crippen LogP contribution in [0.4, 0.5) is 0 Å². The van der Waals surface area contributed by atoms with Gasteiger partial charge in [-0.1, -0.05) is 24.3 Å². The molecule has 0 amide bonds. The number of halogens is 1. The fraction of sp³-hybridized carbons (Fsp3) is 0.455. The Kier molecular flexibility index (Phi) is 4.11. The smallest absolute Gasteiger partial charge is 0.255 e. The van der Waals surface area contributed by atoms with Gasteiger partial charge in [-0.05, 0) is 12.0 Å². The molecule has 1 heterocycles. The first-order valence-electron chi connectivity index (χ1n) is 4.75. The van der Waals surface area contributed by atoms with Crippen LogP contribution in [-0.2, 0) is 9.47 Å². The van der Waals surface area contributed by atoms with Crippen molar-refractivity contribution < 1.29 is 9.47 Å². The Morgan fingerprint density at radius 3 is 2.67 bits per heavy atom. The van der Waals surface area contributed by atoms with Crippen LogP contribution in [0.3, 0.4) is 0 Å². The molecule has 1 aliphatic heterocycles. The van der Waals surface area contributed by atoms with Crippen LogP contribution in [-0.4, -0.2) is 26.7 Å². The molecule has 84 valence electrons. The summed E-state index contributed by atoms with van der Waals surface area (Å²) < 4.78 is 10.8. The molecule has 2 rings (SSSR count). The van der Waals surface area contributed by atoms with E-state index in [-0.39, 0.29) is 12.4 Å². The third kappa shape index (κ3) is 2.01. The third-order valence-electron chi connectivity index (χ3n) is 2.65. The lowest BCUT2D eigenvalue weighted by Crippen LogP contribution is -2.53. The van der Waals surface area contributed by atoms with Crippen molar-refractivity contribution in [3.05, 3.63) is 35.5 Å². The van der Waals surface area contributed by atoms with E-state index in [1.807, 2.05) is 0 Å². The number of hydrogen-bond acceptors (Lipinski definition) is 3. The summed E-state index contributed by atoms with van der Waals surface area (Å²) in [5, 5.41) is 3.21. The number of rotatable bonds is 2. The average molecular weight is 230 g/mol. The van der Waals surface area contributed by atoms with Crippen LogP contribution in [0.15, 0.2) is 35.5 Å². The summed E-state index contributed by atoms with van der Waals surface area (Å²) in [6.45, 7) is 0.763. The highest BCUT2D eigenvalue weighted by molar-refractivity contribution is 5.85. The van der Waals surface area contributed by atoms with Crippen LogP contribution in [0.2, 0.25) is 0 Å². The number of hydrogen-bond donors (Lipinski definition) is 1. The lowest BCUT2D eigenvalue weighted by Gasteiger charge is -2.38. The first-order chi connectivity index (χ1) is 6.82. The summed E-state index contributed by atoms with van der Waals surface area (Å²) in [7, 11) is 3.30. The zero-order valence-electron chi connectivity index (χ0n) is 8.95. The molecular weight excluding hydrogens is 214 g/mol. The van der Waals surface area contributed by atoms with Crippen molar-refractivity contribution in [2.45, 2.75) is 12.3 Å². The standard InChI is InChI=1S/C11H15NO2.ClH/c1-13-11(14-2)10-6-4-3-5-9(10)7-8-12-11;/h3,5-7,12H,4,8H2,1-2H3;1H. The highest BCUT2D eigenvalue weighted by Gasteiger charge is 2.37. The van der Waals surface area contributed by atoms with Crippen molar-refractivity contribution in [2.24, 2.45) is 0 Å². The fourth-order valence-corrected chi connectivity index (χ4v) is 1.93. The van der Waals surface area contributed by atoms with Gasteiger partial charge in [-0.15, -0.1) is 12.4 Å². The minimum atomic E-state index is -0.755. The Morgan fingerprint density at radius 2 is 2.00 bits per heavy atom. The van der Waals surface area contributed by atoms with Crippen LogP contribution in [0.25, 0.3) is 0 Å². The molecule has 0 spiro atoms. The third-order valence-corrected chi connectivity index (χ3v) is 2.65. The number of ether oxygens (including phenoxy) is 2. The molecule has 0 aromatic heterocycles. The molecule has 0 atom stereocenters. The Hall–Kier alpha value is -0.610. The Bertz CT molecular complexity index is 317. The number of fused-ring (bicyclic) bond motifs is 1. The van der Waals surface area contributed by atoms with Gasteiger partial charge in [0.15, 0.2) is 0 Å². The Balaban J connectivity index is 0.00000112. The zero-order chi connectivity index (χ0) is 10.0. The zero-order valence-corrected chi connectivity index (χ0v) is 9.76. The van der Waals surface area contributed by atoms with Crippen LogP contribution < -0.4 is 5.32 Å². The second-order valence-electron chi connectivity index (χ2n) is 3.32. The van der Waals surface area contributed by atoms with Gasteiger partial charge in [0.2, 0.25) is 0 Å². The van der Waals surface area contributed by atoms with E-state index in [0.29, 0.717) is 0 Å². The van der Waals surface area contributed by atoms with E-state index in [1.54, 1.807) is 14.2 Å². The van der Waals surface area contributed by atoms with Crippen LogP contribution in [0.1, 0.15) is 6.42 Å². The molecule has 1 N–H and O–H groups in total. The van der Waals surface area contributed by atoms with E-state index < -0.39 is 5.91 Å². The molecule has 0 saturated carbocycles. The molecule has 15 heavy (non-hydrogen) atoms. The summed E-state index contributed by atoms with van der Waals surface area (Å²) in [4.78, 5) is 0. The maximum absolute atomic E-state index is 5.42. The summed E-state index contributed by atoms with van der Waals surface area (Å²) in [6.07, 6.45) is 9.45. The summed E-state index contributed by atoms with van der Waals surface area (Å²) >= 11 is 0. The Morgan fingerprint density at radius 1 is 1.27 bits per heavy atom. The van der Waals surface area contributed by atoms with E-state index in [9.17, 15) is 0 Å². The molecule has 0 fully saturated rings. The maximum Gasteiger partial charge on any atom is 0.255 e. The first-order valence-corrected chi connectivity index (χ1v) is 4.75. The number of methoxy groups -OCH3 is 2. The van der Waals surface area contributed by atoms with E-state index in [0.717, 1.165) is 18.5 Å². The van der Waals surface area contributed by atoms with Crippen molar-refractivity contribution in [1.29, 1.82) is 0 Å². The Labute approximate surface area is 96.2 Å². The number of allylic oxidation sites excluding steroid dienone is 3. The second kappa shape index (κ2) is 4.94. The highest BCUT2D eigenvalue weighted by Crippen LogP contribution is 2.32. The second-order valence-corrected chi connectivity index (χ2v) is 3.32. The maximum atomic E-state index is 5.42. The summed E-state index contributed by atoms with van der Waals surface area (Å²) in [5.41, 5.74) is 2.27. The molecule has 1 aliphatic carbocycles. The van der Waals surface area contributed by atoms with Gasteiger partial charge in [0, 0.05) is 26.3 Å². The molecule has 0 aromatic carbocycles. The molecular formula is C11H16ClNO2. The SMILES string of the molecule is COC1(OC)NCC=C2C=CCC=C21.Cl. The van der Waals surface area contributed by atoms with Gasteiger partial charge in [0.1, 0.15) is 0 Å². The van der Waals surface area contributed by atoms with Crippen molar-refractivity contribution >= 4 is 12.4 Å². The predicted molar refractivity (Wildman–Crippen MR) is 61.9 cm³/mol. The number of nitrogens with one attached hydrogen (secondary N) is 1. The van der Waals surface area contributed by atoms with Gasteiger partial charge in [-0.2, -0.15) is 0 Å². The molecule has 3 nitrogen and oxygen atoms in total. The van der Waals surface area contributed by atoms with E-state index in [1.165, 1.54) is 5.57 Å². The molecule has 0 radical (unpaired) electrons. The van der Waals surface area contributed by atoms with Crippen LogP contribution >= 0.6 is 12.4 Å². The van der Waals surface area contributed by atoms with Crippen molar-refractivity contribution in [3.63, 3.8) is 0 Å². The van der Waals surface area contributed by atoms with Gasteiger partial charge >= 0.3 is 0 Å². The molecule has 0 bridgehead atoms. The molecule has 4 heteroatoms. The van der Waals surface area contributed by atoms with Crippen molar-refractivity contribution in [2.75, 3.05) is 20.8 Å². The molecule has 2 aliphatic rings. The minimum Gasteiger partial charge on any atom is -0.337 e. The van der Waals surface area contributed by atoms with Gasteiger partial charge in [0.25, 0.3) is 5.91 Å². The van der Waals surface area contributed by atoms with Gasteiger partial charge < -0.3 is 9.47 Å². The minimum absolute atomic E-state index is 0. The quantitative estimate of drug-likeness (QED) is 0.733. The van der Waals surface area contributed by atoms with E-state index >= 15 is 0 Å².